The van der Waals surface area contributed by atoms with E-state index < -0.39 is 6.10 Å². The zero-order chi connectivity index (χ0) is 38.7. The Hall–Kier alpha value is -1.85. The molecule has 0 aromatic carbocycles. The number of allylic oxidation sites excluding steroid dienone is 2. The van der Waals surface area contributed by atoms with Crippen molar-refractivity contribution < 1.29 is 28.6 Å². The summed E-state index contributed by atoms with van der Waals surface area (Å²) in [4.78, 5) is 37.6. The standard InChI is InChI=1S/C47H88O6/c1-4-7-10-13-16-19-20-21-22-23-24-25-26-29-31-34-37-40-46(49)52-43-44(53-47(50)41-38-35-32-28-18-15-12-9-6-3)42-51-45(48)39-36-33-30-27-17-14-11-8-5-2/h21-22,44H,4-20,23-43H2,1-3H3/b22-21-. The molecule has 0 rings (SSSR count). The van der Waals surface area contributed by atoms with Gasteiger partial charge < -0.3 is 14.2 Å². The molecule has 0 aliphatic rings. The predicted molar refractivity (Wildman–Crippen MR) is 224 cm³/mol. The van der Waals surface area contributed by atoms with Crippen LogP contribution in [0.3, 0.4) is 0 Å². The van der Waals surface area contributed by atoms with Crippen molar-refractivity contribution in [3.05, 3.63) is 12.2 Å². The van der Waals surface area contributed by atoms with Crippen LogP contribution in [0, 0.1) is 0 Å². The van der Waals surface area contributed by atoms with Crippen molar-refractivity contribution in [2.75, 3.05) is 13.2 Å². The molecule has 0 spiro atoms. The lowest BCUT2D eigenvalue weighted by molar-refractivity contribution is -0.167. The third-order valence-electron chi connectivity index (χ3n) is 10.3. The summed E-state index contributed by atoms with van der Waals surface area (Å²) in [7, 11) is 0. The van der Waals surface area contributed by atoms with Gasteiger partial charge in [0.05, 0.1) is 0 Å². The first-order chi connectivity index (χ1) is 26.0. The number of hydrogen-bond donors (Lipinski definition) is 0. The largest absolute Gasteiger partial charge is 0.462 e. The second-order valence-corrected chi connectivity index (χ2v) is 15.7. The van der Waals surface area contributed by atoms with Crippen LogP contribution in [0.2, 0.25) is 0 Å². The highest BCUT2D eigenvalue weighted by molar-refractivity contribution is 5.71. The quantitative estimate of drug-likeness (QED) is 0.0268. The van der Waals surface area contributed by atoms with Crippen molar-refractivity contribution in [1.82, 2.24) is 0 Å². The lowest BCUT2D eigenvalue weighted by Crippen LogP contribution is -2.30. The highest BCUT2D eigenvalue weighted by Crippen LogP contribution is 2.15. The van der Waals surface area contributed by atoms with Crippen LogP contribution in [-0.2, 0) is 28.6 Å². The van der Waals surface area contributed by atoms with Gasteiger partial charge in [0.1, 0.15) is 13.2 Å². The van der Waals surface area contributed by atoms with E-state index in [9.17, 15) is 14.4 Å². The lowest BCUT2D eigenvalue weighted by atomic mass is 10.1. The van der Waals surface area contributed by atoms with Gasteiger partial charge in [-0.05, 0) is 44.9 Å². The fraction of sp³-hybridized carbons (Fsp3) is 0.894. The molecule has 0 heterocycles. The molecule has 0 aliphatic heterocycles. The highest BCUT2D eigenvalue weighted by Gasteiger charge is 2.19. The van der Waals surface area contributed by atoms with Gasteiger partial charge in [0.2, 0.25) is 0 Å². The Morgan fingerprint density at radius 2 is 0.623 bits per heavy atom. The number of ether oxygens (including phenoxy) is 3. The van der Waals surface area contributed by atoms with Crippen molar-refractivity contribution in [3.63, 3.8) is 0 Å². The first kappa shape index (κ1) is 51.1. The maximum Gasteiger partial charge on any atom is 0.306 e. The molecule has 0 radical (unpaired) electrons. The molecule has 312 valence electrons. The first-order valence-corrected chi connectivity index (χ1v) is 23.2. The fourth-order valence-electron chi connectivity index (χ4n) is 6.73. The Kier molecular flexibility index (Phi) is 41.4. The van der Waals surface area contributed by atoms with Crippen LogP contribution < -0.4 is 0 Å². The van der Waals surface area contributed by atoms with E-state index in [0.29, 0.717) is 19.3 Å². The second-order valence-electron chi connectivity index (χ2n) is 15.7. The van der Waals surface area contributed by atoms with Crippen LogP contribution in [0.1, 0.15) is 252 Å². The van der Waals surface area contributed by atoms with Gasteiger partial charge in [0, 0.05) is 19.3 Å². The molecule has 0 aromatic heterocycles. The van der Waals surface area contributed by atoms with Gasteiger partial charge in [0.15, 0.2) is 6.10 Å². The van der Waals surface area contributed by atoms with E-state index in [1.54, 1.807) is 0 Å². The fourth-order valence-corrected chi connectivity index (χ4v) is 6.73. The maximum atomic E-state index is 12.6. The summed E-state index contributed by atoms with van der Waals surface area (Å²) in [5.74, 6) is -0.869. The van der Waals surface area contributed by atoms with E-state index >= 15 is 0 Å². The molecular formula is C47H88O6. The third-order valence-corrected chi connectivity index (χ3v) is 10.3. The summed E-state index contributed by atoms with van der Waals surface area (Å²) < 4.78 is 16.7. The zero-order valence-electron chi connectivity index (χ0n) is 35.6. The third kappa shape index (κ3) is 41.2. The molecule has 0 saturated heterocycles. The summed E-state index contributed by atoms with van der Waals surface area (Å²) in [5, 5.41) is 0. The monoisotopic (exact) mass is 749 g/mol. The van der Waals surface area contributed by atoms with E-state index in [-0.39, 0.29) is 31.1 Å². The Balaban J connectivity index is 4.25. The predicted octanol–water partition coefficient (Wildman–Crippen LogP) is 14.6. The zero-order valence-corrected chi connectivity index (χ0v) is 35.6. The van der Waals surface area contributed by atoms with Crippen LogP contribution in [0.5, 0.6) is 0 Å². The summed E-state index contributed by atoms with van der Waals surface area (Å²) in [5.41, 5.74) is 0. The molecule has 0 bridgehead atoms. The lowest BCUT2D eigenvalue weighted by Gasteiger charge is -2.18. The van der Waals surface area contributed by atoms with Gasteiger partial charge >= 0.3 is 17.9 Å². The Morgan fingerprint density at radius 3 is 0.943 bits per heavy atom. The van der Waals surface area contributed by atoms with Gasteiger partial charge in [-0.2, -0.15) is 0 Å². The molecule has 1 atom stereocenters. The molecule has 0 aromatic rings. The second kappa shape index (κ2) is 42.9. The van der Waals surface area contributed by atoms with Crippen LogP contribution in [-0.4, -0.2) is 37.2 Å². The molecule has 6 nitrogen and oxygen atoms in total. The van der Waals surface area contributed by atoms with Crippen LogP contribution in [0.25, 0.3) is 0 Å². The summed E-state index contributed by atoms with van der Waals surface area (Å²) in [6.07, 6.45) is 44.8. The minimum atomic E-state index is -0.762. The molecule has 1 unspecified atom stereocenters. The van der Waals surface area contributed by atoms with E-state index in [0.717, 1.165) is 57.8 Å². The number of carbonyl (C=O) groups excluding carboxylic acids is 3. The topological polar surface area (TPSA) is 78.9 Å². The molecule has 0 saturated carbocycles. The van der Waals surface area contributed by atoms with Crippen molar-refractivity contribution >= 4 is 17.9 Å². The average molecular weight is 749 g/mol. The normalized spacial score (nSPS) is 12.0. The molecule has 0 N–H and O–H groups in total. The minimum Gasteiger partial charge on any atom is -0.462 e. The first-order valence-electron chi connectivity index (χ1n) is 23.2. The molecule has 53 heavy (non-hydrogen) atoms. The number of esters is 3. The van der Waals surface area contributed by atoms with Gasteiger partial charge in [0.25, 0.3) is 0 Å². The van der Waals surface area contributed by atoms with Crippen LogP contribution in [0.15, 0.2) is 12.2 Å². The minimum absolute atomic E-state index is 0.0675. The number of carbonyl (C=O) groups is 3. The SMILES string of the molecule is CCCCCCCC/C=C\CCCCCCCCCC(=O)OCC(COC(=O)CCCCCCCCCCC)OC(=O)CCCCCCCCCCC. The summed E-state index contributed by atoms with van der Waals surface area (Å²) in [6.45, 7) is 6.60. The van der Waals surface area contributed by atoms with E-state index in [4.69, 9.17) is 14.2 Å². The van der Waals surface area contributed by atoms with Crippen molar-refractivity contribution in [3.8, 4) is 0 Å². The Labute approximate surface area is 329 Å². The van der Waals surface area contributed by atoms with Crippen molar-refractivity contribution in [2.45, 2.75) is 258 Å². The molecular weight excluding hydrogens is 661 g/mol. The molecule has 0 fully saturated rings. The van der Waals surface area contributed by atoms with Gasteiger partial charge in [-0.25, -0.2) is 0 Å². The molecule has 0 amide bonds. The van der Waals surface area contributed by atoms with Crippen molar-refractivity contribution in [2.24, 2.45) is 0 Å². The number of hydrogen-bond acceptors (Lipinski definition) is 6. The highest BCUT2D eigenvalue weighted by atomic mass is 16.6. The van der Waals surface area contributed by atoms with Crippen LogP contribution >= 0.6 is 0 Å². The van der Waals surface area contributed by atoms with Gasteiger partial charge in [-0.1, -0.05) is 200 Å². The van der Waals surface area contributed by atoms with Crippen molar-refractivity contribution in [1.29, 1.82) is 0 Å². The number of unbranched alkanes of at least 4 members (excludes halogenated alkanes) is 29. The van der Waals surface area contributed by atoms with E-state index in [1.807, 2.05) is 0 Å². The maximum absolute atomic E-state index is 12.6. The van der Waals surface area contributed by atoms with Gasteiger partial charge in [-0.3, -0.25) is 14.4 Å². The van der Waals surface area contributed by atoms with Gasteiger partial charge in [-0.15, -0.1) is 0 Å². The molecule has 0 aliphatic carbocycles. The summed E-state index contributed by atoms with van der Waals surface area (Å²) >= 11 is 0. The van der Waals surface area contributed by atoms with E-state index in [2.05, 4.69) is 32.9 Å². The summed E-state index contributed by atoms with van der Waals surface area (Å²) in [6, 6.07) is 0. The van der Waals surface area contributed by atoms with Crippen LogP contribution in [0.4, 0.5) is 0 Å². The van der Waals surface area contributed by atoms with E-state index in [1.165, 1.54) is 154 Å². The average Bonchev–Trinajstić information content (AvgIpc) is 3.15. The number of rotatable bonds is 42. The smallest absolute Gasteiger partial charge is 0.306 e. The molecule has 6 heteroatoms. The Bertz CT molecular complexity index is 824. The Morgan fingerprint density at radius 1 is 0.358 bits per heavy atom.